The van der Waals surface area contributed by atoms with E-state index in [0.717, 1.165) is 44.2 Å². The van der Waals surface area contributed by atoms with E-state index in [2.05, 4.69) is 38.8 Å². The number of rotatable bonds is 8. The third-order valence-electron chi connectivity index (χ3n) is 4.60. The Balaban J connectivity index is 1.43. The van der Waals surface area contributed by atoms with Gasteiger partial charge in [0.05, 0.1) is 0 Å². The summed E-state index contributed by atoms with van der Waals surface area (Å²) < 4.78 is 7.67. The maximum absolute atomic E-state index is 11.9. The lowest BCUT2D eigenvalue weighted by atomic mass is 10.2. The predicted molar refractivity (Wildman–Crippen MR) is 104 cm³/mol. The number of hydrogen-bond donors (Lipinski definition) is 1. The number of aromatic nitrogens is 3. The number of nitrogens with zero attached hydrogens (tertiary/aromatic N) is 4. The summed E-state index contributed by atoms with van der Waals surface area (Å²) in [5, 5.41) is 11.6. The summed E-state index contributed by atoms with van der Waals surface area (Å²) in [6.07, 6.45) is 1.60. The first-order valence-electron chi connectivity index (χ1n) is 9.69. The Bertz CT molecular complexity index is 729. The number of nitrogens with one attached hydrogen (secondary N) is 1. The molecule has 146 valence electrons. The lowest BCUT2D eigenvalue weighted by Crippen LogP contribution is -2.32. The monoisotopic (exact) mass is 371 g/mol. The average Bonchev–Trinajstić information content (AvgIpc) is 2.93. The second-order valence-corrected chi connectivity index (χ2v) is 7.33. The van der Waals surface area contributed by atoms with E-state index >= 15 is 0 Å². The molecule has 1 aromatic heterocycles. The van der Waals surface area contributed by atoms with Crippen LogP contribution < -0.4 is 10.1 Å². The highest BCUT2D eigenvalue weighted by molar-refractivity contribution is 5.77. The quantitative estimate of drug-likeness (QED) is 0.762. The molecule has 1 N–H and O–H groups in total. The first kappa shape index (κ1) is 19.4. The fourth-order valence-corrected chi connectivity index (χ4v) is 3.34. The highest BCUT2D eigenvalue weighted by Gasteiger charge is 2.19. The summed E-state index contributed by atoms with van der Waals surface area (Å²) in [4.78, 5) is 14.4. The minimum absolute atomic E-state index is 0.0200. The Kier molecular flexibility index (Phi) is 6.81. The largest absolute Gasteiger partial charge is 0.484 e. The van der Waals surface area contributed by atoms with Crippen LogP contribution in [0.25, 0.3) is 0 Å². The van der Waals surface area contributed by atoms with Crippen LogP contribution in [-0.2, 0) is 24.2 Å². The lowest BCUT2D eigenvalue weighted by Gasteiger charge is -2.21. The second-order valence-electron chi connectivity index (χ2n) is 7.33. The molecule has 0 spiro atoms. The summed E-state index contributed by atoms with van der Waals surface area (Å²) in [5.41, 5.74) is 0. The number of hydrogen-bond acceptors (Lipinski definition) is 5. The first-order chi connectivity index (χ1) is 13.1. The molecule has 1 amide bonds. The van der Waals surface area contributed by atoms with E-state index < -0.39 is 0 Å². The van der Waals surface area contributed by atoms with E-state index in [1.54, 1.807) is 0 Å². The molecule has 0 aliphatic carbocycles. The molecule has 0 unspecified atom stereocenters. The van der Waals surface area contributed by atoms with Gasteiger partial charge in [0.25, 0.3) is 5.91 Å². The smallest absolute Gasteiger partial charge is 0.257 e. The van der Waals surface area contributed by atoms with Gasteiger partial charge in [0.15, 0.2) is 6.61 Å². The second kappa shape index (κ2) is 9.50. The van der Waals surface area contributed by atoms with Gasteiger partial charge in [0.2, 0.25) is 0 Å². The van der Waals surface area contributed by atoms with Crippen LogP contribution in [0.15, 0.2) is 30.3 Å². The van der Waals surface area contributed by atoms with E-state index in [-0.39, 0.29) is 12.5 Å². The van der Waals surface area contributed by atoms with Gasteiger partial charge in [-0.2, -0.15) is 0 Å². The van der Waals surface area contributed by atoms with E-state index in [9.17, 15) is 4.79 Å². The summed E-state index contributed by atoms with van der Waals surface area (Å²) in [5.74, 6) is 3.23. The summed E-state index contributed by atoms with van der Waals surface area (Å²) in [7, 11) is 0. The standard InChI is InChI=1S/C20H29N5O2/c1-16(2)14-24-11-9-19-23-22-18(25(19)13-12-24)8-10-21-20(26)15-27-17-6-4-3-5-7-17/h3-7,16H,8-15H2,1-2H3,(H,21,26). The SMILES string of the molecule is CC(C)CN1CCc2nnc(CCNC(=O)COc3ccccc3)n2CC1. The van der Waals surface area contributed by atoms with E-state index in [4.69, 9.17) is 4.74 Å². The number of amides is 1. The molecule has 0 saturated heterocycles. The summed E-state index contributed by atoms with van der Waals surface area (Å²) >= 11 is 0. The van der Waals surface area contributed by atoms with Crippen molar-refractivity contribution < 1.29 is 9.53 Å². The van der Waals surface area contributed by atoms with Crippen LogP contribution in [0.5, 0.6) is 5.75 Å². The van der Waals surface area contributed by atoms with Gasteiger partial charge in [-0.1, -0.05) is 32.0 Å². The number of benzene rings is 1. The number of carbonyl (C=O) groups is 1. The Morgan fingerprint density at radius 3 is 2.78 bits per heavy atom. The molecule has 0 fully saturated rings. The van der Waals surface area contributed by atoms with Crippen LogP contribution in [0.1, 0.15) is 25.5 Å². The van der Waals surface area contributed by atoms with Crippen molar-refractivity contribution in [3.05, 3.63) is 42.0 Å². The molecule has 2 aromatic rings. The van der Waals surface area contributed by atoms with Crippen molar-refractivity contribution in [2.75, 3.05) is 32.8 Å². The minimum Gasteiger partial charge on any atom is -0.484 e. The van der Waals surface area contributed by atoms with Crippen molar-refractivity contribution in [3.63, 3.8) is 0 Å². The molecule has 0 atom stereocenters. The van der Waals surface area contributed by atoms with Crippen molar-refractivity contribution in [1.29, 1.82) is 0 Å². The van der Waals surface area contributed by atoms with Gasteiger partial charge in [0.1, 0.15) is 17.4 Å². The molecule has 7 nitrogen and oxygen atoms in total. The molecule has 7 heteroatoms. The molecule has 0 radical (unpaired) electrons. The maximum atomic E-state index is 11.9. The zero-order valence-corrected chi connectivity index (χ0v) is 16.2. The van der Waals surface area contributed by atoms with Gasteiger partial charge in [-0.25, -0.2) is 0 Å². The van der Waals surface area contributed by atoms with Gasteiger partial charge < -0.3 is 19.5 Å². The molecular formula is C20H29N5O2. The van der Waals surface area contributed by atoms with Crippen molar-refractivity contribution >= 4 is 5.91 Å². The van der Waals surface area contributed by atoms with E-state index in [0.29, 0.717) is 24.6 Å². The average molecular weight is 371 g/mol. The van der Waals surface area contributed by atoms with E-state index in [1.807, 2.05) is 30.3 Å². The Labute approximate surface area is 160 Å². The summed E-state index contributed by atoms with van der Waals surface area (Å²) in [6.45, 7) is 9.13. The van der Waals surface area contributed by atoms with Crippen molar-refractivity contribution in [2.45, 2.75) is 33.2 Å². The zero-order valence-electron chi connectivity index (χ0n) is 16.2. The number of fused-ring (bicyclic) bond motifs is 1. The van der Waals surface area contributed by atoms with Gasteiger partial charge in [-0.15, -0.1) is 10.2 Å². The highest BCUT2D eigenvalue weighted by atomic mass is 16.5. The molecule has 1 aliphatic heterocycles. The van der Waals surface area contributed by atoms with Crippen LogP contribution >= 0.6 is 0 Å². The topological polar surface area (TPSA) is 72.3 Å². The predicted octanol–water partition coefficient (Wildman–Crippen LogP) is 1.53. The molecule has 1 aromatic carbocycles. The van der Waals surface area contributed by atoms with Gasteiger partial charge >= 0.3 is 0 Å². The minimum atomic E-state index is -0.127. The van der Waals surface area contributed by atoms with Crippen LogP contribution in [0.3, 0.4) is 0 Å². The van der Waals surface area contributed by atoms with Crippen molar-refractivity contribution in [1.82, 2.24) is 25.0 Å². The molecule has 0 bridgehead atoms. The molecule has 27 heavy (non-hydrogen) atoms. The number of para-hydroxylation sites is 1. The van der Waals surface area contributed by atoms with Crippen LogP contribution in [0.4, 0.5) is 0 Å². The van der Waals surface area contributed by atoms with Crippen molar-refractivity contribution in [2.24, 2.45) is 5.92 Å². The van der Waals surface area contributed by atoms with Crippen LogP contribution in [0.2, 0.25) is 0 Å². The van der Waals surface area contributed by atoms with Gasteiger partial charge in [0, 0.05) is 45.6 Å². The fourth-order valence-electron chi connectivity index (χ4n) is 3.34. The fraction of sp³-hybridized carbons (Fsp3) is 0.550. The Hall–Kier alpha value is -2.41. The number of ether oxygens (including phenoxy) is 1. The molecule has 0 saturated carbocycles. The first-order valence-corrected chi connectivity index (χ1v) is 9.69. The third-order valence-corrected chi connectivity index (χ3v) is 4.60. The molecular weight excluding hydrogens is 342 g/mol. The Morgan fingerprint density at radius 1 is 1.19 bits per heavy atom. The molecule has 1 aliphatic rings. The maximum Gasteiger partial charge on any atom is 0.257 e. The molecule has 2 heterocycles. The van der Waals surface area contributed by atoms with Crippen LogP contribution in [0, 0.1) is 5.92 Å². The molecule has 3 rings (SSSR count). The summed E-state index contributed by atoms with van der Waals surface area (Å²) in [6, 6.07) is 9.35. The third kappa shape index (κ3) is 5.79. The van der Waals surface area contributed by atoms with Crippen molar-refractivity contribution in [3.8, 4) is 5.75 Å². The normalized spacial score (nSPS) is 14.6. The lowest BCUT2D eigenvalue weighted by molar-refractivity contribution is -0.123. The van der Waals surface area contributed by atoms with Gasteiger partial charge in [-0.3, -0.25) is 4.79 Å². The highest BCUT2D eigenvalue weighted by Crippen LogP contribution is 2.11. The van der Waals surface area contributed by atoms with Gasteiger partial charge in [-0.05, 0) is 18.1 Å². The zero-order chi connectivity index (χ0) is 19.1. The number of carbonyl (C=O) groups excluding carboxylic acids is 1. The Morgan fingerprint density at radius 2 is 2.00 bits per heavy atom. The van der Waals surface area contributed by atoms with E-state index in [1.165, 1.54) is 0 Å². The van der Waals surface area contributed by atoms with Crippen LogP contribution in [-0.4, -0.2) is 58.4 Å².